The van der Waals surface area contributed by atoms with Gasteiger partial charge in [-0.2, -0.15) is 5.10 Å². The van der Waals surface area contributed by atoms with Crippen molar-refractivity contribution >= 4 is 5.97 Å². The molecule has 7 heteroatoms. The molecule has 0 N–H and O–H groups in total. The summed E-state index contributed by atoms with van der Waals surface area (Å²) >= 11 is 0. The van der Waals surface area contributed by atoms with Crippen molar-refractivity contribution in [2.45, 2.75) is 20.0 Å². The maximum Gasteiger partial charge on any atom is 0.342 e. The molecule has 140 valence electrons. The molecule has 0 aliphatic rings. The highest BCUT2D eigenvalue weighted by atomic mass is 16.5. The number of aryl methyl sites for hydroxylation is 1. The summed E-state index contributed by atoms with van der Waals surface area (Å²) in [6.07, 6.45) is 2.30. The highest BCUT2D eigenvalue weighted by Crippen LogP contribution is 2.24. The van der Waals surface area contributed by atoms with Crippen molar-refractivity contribution in [3.63, 3.8) is 0 Å². The van der Waals surface area contributed by atoms with Crippen LogP contribution in [0.4, 0.5) is 0 Å². The van der Waals surface area contributed by atoms with Crippen LogP contribution in [0.5, 0.6) is 0 Å². The van der Waals surface area contributed by atoms with Crippen molar-refractivity contribution < 1.29 is 13.9 Å². The van der Waals surface area contributed by atoms with Crippen molar-refractivity contribution in [1.29, 1.82) is 0 Å². The van der Waals surface area contributed by atoms with Gasteiger partial charge in [0.25, 0.3) is 5.89 Å². The summed E-state index contributed by atoms with van der Waals surface area (Å²) in [5.74, 6) is 0.270. The number of hydrogen-bond acceptors (Lipinski definition) is 6. The van der Waals surface area contributed by atoms with E-state index < -0.39 is 5.97 Å². The zero-order chi connectivity index (χ0) is 19.3. The van der Waals surface area contributed by atoms with E-state index >= 15 is 0 Å². The van der Waals surface area contributed by atoms with Crippen molar-refractivity contribution in [2.24, 2.45) is 0 Å². The van der Waals surface area contributed by atoms with E-state index in [-0.39, 0.29) is 12.5 Å². The summed E-state index contributed by atoms with van der Waals surface area (Å²) in [7, 11) is 0. The molecule has 28 heavy (non-hydrogen) atoms. The van der Waals surface area contributed by atoms with Crippen LogP contribution in [0.1, 0.15) is 29.1 Å². The molecule has 0 aliphatic carbocycles. The van der Waals surface area contributed by atoms with Gasteiger partial charge < -0.3 is 9.15 Å². The number of nitrogens with zero attached hydrogens (tertiary/aromatic N) is 4. The molecule has 2 heterocycles. The van der Waals surface area contributed by atoms with E-state index in [9.17, 15) is 4.79 Å². The fourth-order valence-corrected chi connectivity index (χ4v) is 2.74. The zero-order valence-electron chi connectivity index (χ0n) is 15.3. The standard InChI is InChI=1S/C21H18N4O3/c1-2-18-22-23-19(28-18)14-27-21(26)17-13-25(16-11-7-4-8-12-16)24-20(17)15-9-5-3-6-10-15/h3-13H,2,14H2,1H3. The molecule has 2 aromatic heterocycles. The zero-order valence-corrected chi connectivity index (χ0v) is 15.3. The first kappa shape index (κ1) is 17.7. The lowest BCUT2D eigenvalue weighted by molar-refractivity contribution is 0.0437. The highest BCUT2D eigenvalue weighted by Gasteiger charge is 2.20. The number of benzene rings is 2. The van der Waals surface area contributed by atoms with Gasteiger partial charge in [0.2, 0.25) is 5.89 Å². The van der Waals surface area contributed by atoms with Gasteiger partial charge in [-0.05, 0) is 12.1 Å². The minimum Gasteiger partial charge on any atom is -0.452 e. The predicted molar refractivity (Wildman–Crippen MR) is 102 cm³/mol. The SMILES string of the molecule is CCc1nnc(COC(=O)c2cn(-c3ccccc3)nc2-c2ccccc2)o1. The summed E-state index contributed by atoms with van der Waals surface area (Å²) in [6.45, 7) is 1.82. The maximum absolute atomic E-state index is 12.8. The summed E-state index contributed by atoms with van der Waals surface area (Å²) in [5, 5.41) is 12.3. The number of ether oxygens (including phenoxy) is 1. The average Bonchev–Trinajstić information content (AvgIpc) is 3.40. The van der Waals surface area contributed by atoms with Gasteiger partial charge in [-0.25, -0.2) is 9.48 Å². The lowest BCUT2D eigenvalue weighted by Crippen LogP contribution is -2.06. The minimum atomic E-state index is -0.503. The topological polar surface area (TPSA) is 83.0 Å². The number of aromatic nitrogens is 4. The van der Waals surface area contributed by atoms with Gasteiger partial charge in [-0.3, -0.25) is 0 Å². The normalized spacial score (nSPS) is 10.8. The molecular formula is C21H18N4O3. The van der Waals surface area contributed by atoms with Crippen LogP contribution in [0, 0.1) is 0 Å². The van der Waals surface area contributed by atoms with Gasteiger partial charge >= 0.3 is 5.97 Å². The van der Waals surface area contributed by atoms with Gasteiger partial charge in [0.05, 0.1) is 5.69 Å². The van der Waals surface area contributed by atoms with E-state index in [1.54, 1.807) is 10.9 Å². The number of carbonyl (C=O) groups is 1. The average molecular weight is 374 g/mol. The molecule has 4 rings (SSSR count). The van der Waals surface area contributed by atoms with Crippen LogP contribution < -0.4 is 0 Å². The van der Waals surface area contributed by atoms with Crippen LogP contribution >= 0.6 is 0 Å². The lowest BCUT2D eigenvalue weighted by Gasteiger charge is -2.02. The van der Waals surface area contributed by atoms with Crippen molar-refractivity contribution in [2.75, 3.05) is 0 Å². The summed E-state index contributed by atoms with van der Waals surface area (Å²) in [5.41, 5.74) is 2.60. The van der Waals surface area contributed by atoms with Gasteiger partial charge in [0.15, 0.2) is 6.61 Å². The molecule has 2 aromatic carbocycles. The molecule has 0 aliphatic heterocycles. The highest BCUT2D eigenvalue weighted by molar-refractivity contribution is 5.96. The summed E-state index contributed by atoms with van der Waals surface area (Å²) < 4.78 is 12.5. The third-order valence-electron chi connectivity index (χ3n) is 4.14. The smallest absolute Gasteiger partial charge is 0.342 e. The Morgan fingerprint density at radius 3 is 2.36 bits per heavy atom. The molecule has 0 fully saturated rings. The van der Waals surface area contributed by atoms with E-state index in [0.29, 0.717) is 23.6 Å². The first-order valence-electron chi connectivity index (χ1n) is 8.93. The number of hydrogen-bond donors (Lipinski definition) is 0. The van der Waals surface area contributed by atoms with Gasteiger partial charge in [-0.15, -0.1) is 10.2 Å². The van der Waals surface area contributed by atoms with Crippen LogP contribution in [0.25, 0.3) is 16.9 Å². The molecule has 0 amide bonds. The Labute approximate surface area is 161 Å². The first-order valence-corrected chi connectivity index (χ1v) is 8.93. The molecule has 7 nitrogen and oxygen atoms in total. The van der Waals surface area contributed by atoms with Crippen LogP contribution in [0.3, 0.4) is 0 Å². The second-order valence-corrected chi connectivity index (χ2v) is 6.06. The third kappa shape index (κ3) is 3.68. The lowest BCUT2D eigenvalue weighted by atomic mass is 10.1. The fourth-order valence-electron chi connectivity index (χ4n) is 2.74. The van der Waals surface area contributed by atoms with Crippen LogP contribution in [-0.2, 0) is 17.8 Å². The summed E-state index contributed by atoms with van der Waals surface area (Å²) in [6, 6.07) is 19.1. The number of rotatable bonds is 6. The fraction of sp³-hybridized carbons (Fsp3) is 0.143. The molecule has 0 radical (unpaired) electrons. The molecule has 0 saturated heterocycles. The second kappa shape index (κ2) is 7.87. The predicted octanol–water partition coefficient (Wildman–Crippen LogP) is 3.84. The largest absolute Gasteiger partial charge is 0.452 e. The number of esters is 1. The van der Waals surface area contributed by atoms with E-state index in [2.05, 4.69) is 15.3 Å². The Balaban J connectivity index is 1.64. The monoisotopic (exact) mass is 374 g/mol. The summed E-state index contributed by atoms with van der Waals surface area (Å²) in [4.78, 5) is 12.8. The van der Waals surface area contributed by atoms with E-state index in [1.165, 1.54) is 0 Å². The van der Waals surface area contributed by atoms with Crippen LogP contribution in [-0.4, -0.2) is 25.9 Å². The molecule has 0 bridgehead atoms. The first-order chi connectivity index (χ1) is 13.7. The maximum atomic E-state index is 12.8. The van der Waals surface area contributed by atoms with E-state index in [0.717, 1.165) is 11.3 Å². The van der Waals surface area contributed by atoms with Gasteiger partial charge in [0.1, 0.15) is 11.3 Å². The minimum absolute atomic E-state index is 0.0867. The molecular weight excluding hydrogens is 356 g/mol. The Morgan fingerprint density at radius 1 is 1.00 bits per heavy atom. The molecule has 0 atom stereocenters. The van der Waals surface area contributed by atoms with Crippen molar-refractivity contribution in [3.05, 3.63) is 84.2 Å². The van der Waals surface area contributed by atoms with Crippen LogP contribution in [0.15, 0.2) is 71.3 Å². The van der Waals surface area contributed by atoms with Crippen LogP contribution in [0.2, 0.25) is 0 Å². The Morgan fingerprint density at radius 2 is 1.68 bits per heavy atom. The van der Waals surface area contributed by atoms with Crippen molar-refractivity contribution in [3.8, 4) is 16.9 Å². The Bertz CT molecular complexity index is 1070. The van der Waals surface area contributed by atoms with Gasteiger partial charge in [0, 0.05) is 18.2 Å². The number of carbonyl (C=O) groups excluding carboxylic acids is 1. The van der Waals surface area contributed by atoms with Gasteiger partial charge in [-0.1, -0.05) is 55.5 Å². The quantitative estimate of drug-likeness (QED) is 0.477. The Kier molecular flexibility index (Phi) is 4.97. The van der Waals surface area contributed by atoms with Crippen molar-refractivity contribution in [1.82, 2.24) is 20.0 Å². The number of para-hydroxylation sites is 1. The van der Waals surface area contributed by atoms with E-state index in [4.69, 9.17) is 9.15 Å². The Hall–Kier alpha value is -3.74. The molecule has 0 saturated carbocycles. The molecule has 4 aromatic rings. The molecule has 0 spiro atoms. The van der Waals surface area contributed by atoms with E-state index in [1.807, 2.05) is 67.6 Å². The third-order valence-corrected chi connectivity index (χ3v) is 4.14. The molecule has 0 unspecified atom stereocenters. The second-order valence-electron chi connectivity index (χ2n) is 6.06.